The molecular weight excluding hydrogens is 697 g/mol. The molecule has 3 aromatic carbocycles. The van der Waals surface area contributed by atoms with Crippen LogP contribution in [0.15, 0.2) is 78.9 Å². The minimum absolute atomic E-state index is 0.00914. The van der Waals surface area contributed by atoms with E-state index in [0.29, 0.717) is 11.5 Å². The Hall–Kier alpha value is -4.56. The van der Waals surface area contributed by atoms with Gasteiger partial charge in [-0.05, 0) is 66.0 Å². The number of carbonyl (C=O) groups excluding carboxylic acids is 4. The van der Waals surface area contributed by atoms with Crippen molar-refractivity contribution < 1.29 is 47.3 Å². The zero-order chi connectivity index (χ0) is 38.6. The molecule has 0 aromatic heterocycles. The molecule has 3 amide bonds. The summed E-state index contributed by atoms with van der Waals surface area (Å²) >= 11 is 0. The lowest BCUT2D eigenvalue weighted by molar-refractivity contribution is -0.171. The average molecular weight is 747 g/mol. The van der Waals surface area contributed by atoms with Crippen molar-refractivity contribution in [2.75, 3.05) is 20.8 Å². The molecule has 0 saturated carbocycles. The van der Waals surface area contributed by atoms with Crippen molar-refractivity contribution in [3.05, 3.63) is 95.6 Å². The van der Waals surface area contributed by atoms with Gasteiger partial charge in [-0.1, -0.05) is 75.4 Å². The summed E-state index contributed by atoms with van der Waals surface area (Å²) in [6.07, 6.45) is -3.92. The smallest absolute Gasteiger partial charge is 0.329 e. The molecule has 0 spiro atoms. The first-order valence-corrected chi connectivity index (χ1v) is 20.6. The van der Waals surface area contributed by atoms with Gasteiger partial charge in [-0.3, -0.25) is 19.8 Å². The Morgan fingerprint density at radius 3 is 1.91 bits per heavy atom. The highest BCUT2D eigenvalue weighted by Crippen LogP contribution is 2.44. The van der Waals surface area contributed by atoms with E-state index in [0.717, 1.165) is 21.6 Å². The van der Waals surface area contributed by atoms with Crippen LogP contribution in [0.3, 0.4) is 0 Å². The maximum absolute atomic E-state index is 13.2. The molecule has 2 aliphatic heterocycles. The Labute approximate surface area is 312 Å². The molecule has 12 nitrogen and oxygen atoms in total. The summed E-state index contributed by atoms with van der Waals surface area (Å²) in [5, 5.41) is 2.09. The monoisotopic (exact) mass is 746 g/mol. The maximum Gasteiger partial charge on any atom is 0.329 e. The van der Waals surface area contributed by atoms with E-state index in [1.165, 1.54) is 6.92 Å². The van der Waals surface area contributed by atoms with Crippen LogP contribution in [0.2, 0.25) is 18.1 Å². The number of hydrogen-bond donors (Lipinski definition) is 1. The topological polar surface area (TPSA) is 139 Å². The molecule has 2 aliphatic rings. The SMILES string of the molecule is COc1ccc(C(OC[C@H]2O[C@@H](N3C(=O)NC(=O)C3OC(=O)CCC(C)=O)C[C@@H]2O[Si](C)(C)C(C)(C)C)(c2ccccc2)c2ccc(OC)cc2)cc1. The first kappa shape index (κ1) is 39.6. The summed E-state index contributed by atoms with van der Waals surface area (Å²) < 4.78 is 37.2. The van der Waals surface area contributed by atoms with Crippen LogP contribution in [0, 0.1) is 0 Å². The molecule has 2 saturated heterocycles. The lowest BCUT2D eigenvalue weighted by Gasteiger charge is -2.40. The summed E-state index contributed by atoms with van der Waals surface area (Å²) in [7, 11) is 0.795. The van der Waals surface area contributed by atoms with E-state index >= 15 is 0 Å². The van der Waals surface area contributed by atoms with Crippen molar-refractivity contribution in [1.29, 1.82) is 0 Å². The Kier molecular flexibility index (Phi) is 12.1. The Bertz CT molecular complexity index is 1710. The van der Waals surface area contributed by atoms with Gasteiger partial charge in [-0.2, -0.15) is 0 Å². The Morgan fingerprint density at radius 2 is 1.40 bits per heavy atom. The van der Waals surface area contributed by atoms with Crippen LogP contribution in [-0.2, 0) is 38.6 Å². The number of rotatable bonds is 15. The van der Waals surface area contributed by atoms with E-state index in [1.54, 1.807) is 14.2 Å². The molecule has 53 heavy (non-hydrogen) atoms. The van der Waals surface area contributed by atoms with Gasteiger partial charge in [0.05, 0.1) is 33.4 Å². The van der Waals surface area contributed by atoms with Gasteiger partial charge in [0.2, 0.25) is 0 Å². The second-order valence-corrected chi connectivity index (χ2v) is 19.6. The molecule has 5 rings (SSSR count). The predicted octanol–water partition coefficient (Wildman–Crippen LogP) is 6.31. The zero-order valence-corrected chi connectivity index (χ0v) is 32.7. The molecule has 0 bridgehead atoms. The van der Waals surface area contributed by atoms with E-state index in [1.807, 2.05) is 78.9 Å². The van der Waals surface area contributed by atoms with Crippen molar-refractivity contribution in [2.45, 2.75) is 95.4 Å². The number of imide groups is 1. The average Bonchev–Trinajstić information content (AvgIpc) is 3.64. The summed E-state index contributed by atoms with van der Waals surface area (Å²) in [5.41, 5.74) is 1.36. The first-order chi connectivity index (χ1) is 25.1. The molecule has 4 atom stereocenters. The second kappa shape index (κ2) is 16.2. The zero-order valence-electron chi connectivity index (χ0n) is 31.7. The van der Waals surface area contributed by atoms with Gasteiger partial charge in [0.25, 0.3) is 12.1 Å². The molecule has 0 aliphatic carbocycles. The van der Waals surface area contributed by atoms with Gasteiger partial charge < -0.3 is 32.9 Å². The second-order valence-electron chi connectivity index (χ2n) is 14.8. The maximum atomic E-state index is 13.2. The van der Waals surface area contributed by atoms with E-state index in [9.17, 15) is 19.2 Å². The number of esters is 1. The first-order valence-electron chi connectivity index (χ1n) is 17.7. The minimum Gasteiger partial charge on any atom is -0.497 e. The quantitative estimate of drug-likeness (QED) is 0.0815. The standard InChI is InChI=1S/C40H50N2O10Si/c1-26(43)14-23-35(44)51-37-36(45)41-38(46)42(37)34-24-32(52-53(7,8)39(2,3)4)33(50-34)25-49-40(27-12-10-9-11-13-27,28-15-19-30(47-5)20-16-28)29-17-21-31(48-6)22-18-29/h9-13,15-22,32-34,37H,14,23-25H2,1-8H3,(H,41,45,46)/t32-,33+,34+,37?/m0/s1. The molecule has 284 valence electrons. The fourth-order valence-corrected chi connectivity index (χ4v) is 7.66. The van der Waals surface area contributed by atoms with E-state index in [2.05, 4.69) is 39.2 Å². The summed E-state index contributed by atoms with van der Waals surface area (Å²) in [6.45, 7) is 12.0. The number of hydrogen-bond acceptors (Lipinski definition) is 10. The van der Waals surface area contributed by atoms with Gasteiger partial charge in [0.1, 0.15) is 35.2 Å². The highest BCUT2D eigenvalue weighted by molar-refractivity contribution is 6.74. The molecular formula is C40H50N2O10Si. The van der Waals surface area contributed by atoms with Gasteiger partial charge in [0.15, 0.2) is 8.32 Å². The van der Waals surface area contributed by atoms with Crippen LogP contribution < -0.4 is 14.8 Å². The third kappa shape index (κ3) is 8.64. The molecule has 1 unspecified atom stereocenters. The van der Waals surface area contributed by atoms with Crippen LogP contribution >= 0.6 is 0 Å². The molecule has 2 fully saturated rings. The van der Waals surface area contributed by atoms with Gasteiger partial charge >= 0.3 is 12.0 Å². The van der Waals surface area contributed by atoms with Crippen molar-refractivity contribution in [3.8, 4) is 11.5 Å². The normalized spacial score (nSPS) is 20.6. The Balaban J connectivity index is 1.54. The van der Waals surface area contributed by atoms with Crippen molar-refractivity contribution in [2.24, 2.45) is 0 Å². The highest BCUT2D eigenvalue weighted by Gasteiger charge is 2.53. The largest absolute Gasteiger partial charge is 0.497 e. The highest BCUT2D eigenvalue weighted by atomic mass is 28.4. The van der Waals surface area contributed by atoms with Crippen molar-refractivity contribution in [1.82, 2.24) is 10.2 Å². The fraction of sp³-hybridized carbons (Fsp3) is 0.450. The van der Waals surface area contributed by atoms with E-state index in [4.69, 9.17) is 28.1 Å². The van der Waals surface area contributed by atoms with E-state index in [-0.39, 0.29) is 36.7 Å². The lowest BCUT2D eigenvalue weighted by atomic mass is 9.80. The van der Waals surface area contributed by atoms with E-state index < -0.39 is 56.5 Å². The molecule has 0 radical (unpaired) electrons. The number of nitrogens with one attached hydrogen (secondary N) is 1. The predicted molar refractivity (Wildman–Crippen MR) is 199 cm³/mol. The minimum atomic E-state index is -2.43. The summed E-state index contributed by atoms with van der Waals surface area (Å²) in [5.74, 6) is -0.401. The number of methoxy groups -OCH3 is 2. The number of amides is 3. The molecule has 2 heterocycles. The van der Waals surface area contributed by atoms with Crippen molar-refractivity contribution >= 4 is 32.0 Å². The lowest BCUT2D eigenvalue weighted by Crippen LogP contribution is -2.47. The summed E-state index contributed by atoms with van der Waals surface area (Å²) in [4.78, 5) is 51.4. The van der Waals surface area contributed by atoms with Crippen LogP contribution in [0.5, 0.6) is 11.5 Å². The number of urea groups is 1. The molecule has 3 aromatic rings. The molecule has 1 N–H and O–H groups in total. The number of benzene rings is 3. The number of ether oxygens (including phenoxy) is 5. The number of nitrogens with zero attached hydrogens (tertiary/aromatic N) is 1. The van der Waals surface area contributed by atoms with Crippen LogP contribution in [-0.4, -0.2) is 82.4 Å². The van der Waals surface area contributed by atoms with Gasteiger partial charge in [-0.15, -0.1) is 0 Å². The third-order valence-electron chi connectivity index (χ3n) is 10.2. The van der Waals surface area contributed by atoms with Crippen LogP contribution in [0.1, 0.15) is 63.6 Å². The fourth-order valence-electron chi connectivity index (χ4n) is 6.30. The summed E-state index contributed by atoms with van der Waals surface area (Å²) in [6, 6.07) is 24.5. The number of Topliss-reactive ketones (excluding diaryl/α,β-unsaturated/α-hetero) is 1. The molecule has 13 heteroatoms. The van der Waals surface area contributed by atoms with Crippen molar-refractivity contribution in [3.63, 3.8) is 0 Å². The third-order valence-corrected chi connectivity index (χ3v) is 14.8. The van der Waals surface area contributed by atoms with Gasteiger partial charge in [-0.25, -0.2) is 4.79 Å². The van der Waals surface area contributed by atoms with Crippen LogP contribution in [0.25, 0.3) is 0 Å². The van der Waals surface area contributed by atoms with Gasteiger partial charge in [0, 0.05) is 12.8 Å². The Morgan fingerprint density at radius 1 is 0.849 bits per heavy atom. The number of ketones is 1. The van der Waals surface area contributed by atoms with Crippen LogP contribution in [0.4, 0.5) is 4.79 Å². The number of carbonyl (C=O) groups is 4.